The third kappa shape index (κ3) is 5.03. The Kier molecular flexibility index (Phi) is 5.48. The Morgan fingerprint density at radius 3 is 2.80 bits per heavy atom. The number of aryl methyl sites for hydroxylation is 1. The summed E-state index contributed by atoms with van der Waals surface area (Å²) < 4.78 is 2.30. The average molecular weight is 208 g/mol. The largest absolute Gasteiger partial charge is 0.354 e. The van der Waals surface area contributed by atoms with E-state index in [0.717, 1.165) is 13.1 Å². The molecule has 2 heteroatoms. The molecule has 1 rings (SSSR count). The molecule has 0 atom stereocenters. The summed E-state index contributed by atoms with van der Waals surface area (Å²) in [7, 11) is 0. The van der Waals surface area contributed by atoms with Crippen LogP contribution in [0.25, 0.3) is 0 Å². The van der Waals surface area contributed by atoms with Gasteiger partial charge in [0, 0.05) is 31.5 Å². The number of hydrogen-bond acceptors (Lipinski definition) is 1. The van der Waals surface area contributed by atoms with Crippen molar-refractivity contribution in [1.82, 2.24) is 9.88 Å². The zero-order valence-corrected chi connectivity index (χ0v) is 10.3. The Labute approximate surface area is 93.7 Å². The maximum atomic E-state index is 3.43. The van der Waals surface area contributed by atoms with Crippen molar-refractivity contribution in [2.24, 2.45) is 0 Å². The van der Waals surface area contributed by atoms with Crippen LogP contribution in [0.2, 0.25) is 0 Å². The van der Waals surface area contributed by atoms with Crippen molar-refractivity contribution in [3.05, 3.63) is 24.0 Å². The molecule has 0 aliphatic heterocycles. The van der Waals surface area contributed by atoms with Gasteiger partial charge in [0.15, 0.2) is 0 Å². The molecule has 86 valence electrons. The molecular weight excluding hydrogens is 184 g/mol. The molecule has 0 radical (unpaired) electrons. The van der Waals surface area contributed by atoms with E-state index < -0.39 is 0 Å². The van der Waals surface area contributed by atoms with E-state index in [1.54, 1.807) is 0 Å². The van der Waals surface area contributed by atoms with E-state index >= 15 is 0 Å². The van der Waals surface area contributed by atoms with E-state index in [2.05, 4.69) is 49.1 Å². The van der Waals surface area contributed by atoms with E-state index in [-0.39, 0.29) is 0 Å². The van der Waals surface area contributed by atoms with Gasteiger partial charge in [-0.25, -0.2) is 0 Å². The minimum atomic E-state index is 0.563. The predicted molar refractivity (Wildman–Crippen MR) is 65.9 cm³/mol. The average Bonchev–Trinajstić information content (AvgIpc) is 2.63. The summed E-state index contributed by atoms with van der Waals surface area (Å²) in [4.78, 5) is 0. The fraction of sp³-hybridized carbons (Fsp3) is 0.692. The maximum Gasteiger partial charge on any atom is 0.0222 e. The van der Waals surface area contributed by atoms with E-state index in [1.807, 2.05) is 0 Å². The third-order valence-electron chi connectivity index (χ3n) is 2.55. The molecule has 1 aromatic rings. The fourth-order valence-electron chi connectivity index (χ4n) is 1.60. The Morgan fingerprint density at radius 2 is 2.13 bits per heavy atom. The normalized spacial score (nSPS) is 11.2. The molecule has 0 fully saturated rings. The van der Waals surface area contributed by atoms with E-state index in [0.29, 0.717) is 6.04 Å². The first-order valence-corrected chi connectivity index (χ1v) is 6.10. The Balaban J connectivity index is 2.29. The van der Waals surface area contributed by atoms with Gasteiger partial charge in [0.25, 0.3) is 0 Å². The summed E-state index contributed by atoms with van der Waals surface area (Å²) in [5.74, 6) is 0. The lowest BCUT2D eigenvalue weighted by molar-refractivity contribution is 0.582. The quantitative estimate of drug-likeness (QED) is 0.681. The first-order valence-electron chi connectivity index (χ1n) is 6.10. The molecule has 0 saturated heterocycles. The van der Waals surface area contributed by atoms with E-state index in [9.17, 15) is 0 Å². The summed E-state index contributed by atoms with van der Waals surface area (Å²) in [5, 5.41) is 3.43. The second kappa shape index (κ2) is 6.67. The Bertz CT molecular complexity index is 263. The predicted octanol–water partition coefficient (Wildman–Crippen LogP) is 3.18. The van der Waals surface area contributed by atoms with E-state index in [4.69, 9.17) is 0 Å². The highest BCUT2D eigenvalue weighted by Gasteiger charge is 1.98. The van der Waals surface area contributed by atoms with Crippen LogP contribution in [0.4, 0.5) is 0 Å². The molecule has 1 N–H and O–H groups in total. The molecule has 0 bridgehead atoms. The van der Waals surface area contributed by atoms with Gasteiger partial charge in [0.1, 0.15) is 0 Å². The van der Waals surface area contributed by atoms with Gasteiger partial charge >= 0.3 is 0 Å². The van der Waals surface area contributed by atoms with Crippen LogP contribution < -0.4 is 5.32 Å². The highest BCUT2D eigenvalue weighted by atomic mass is 14.9. The highest BCUT2D eigenvalue weighted by Crippen LogP contribution is 2.04. The maximum absolute atomic E-state index is 3.43. The molecule has 0 unspecified atom stereocenters. The SMILES string of the molecule is CCCCCn1ccc(CNC(C)C)c1. The third-order valence-corrected chi connectivity index (χ3v) is 2.55. The summed E-state index contributed by atoms with van der Waals surface area (Å²) in [6.45, 7) is 8.75. The smallest absolute Gasteiger partial charge is 0.0222 e. The fourth-order valence-corrected chi connectivity index (χ4v) is 1.60. The van der Waals surface area contributed by atoms with Crippen molar-refractivity contribution in [3.8, 4) is 0 Å². The lowest BCUT2D eigenvalue weighted by Gasteiger charge is -2.06. The van der Waals surface area contributed by atoms with Gasteiger partial charge in [-0.1, -0.05) is 33.6 Å². The van der Waals surface area contributed by atoms with Crippen LogP contribution in [0.3, 0.4) is 0 Å². The summed E-state index contributed by atoms with van der Waals surface area (Å²) in [6, 6.07) is 2.77. The van der Waals surface area contributed by atoms with Gasteiger partial charge in [-0.15, -0.1) is 0 Å². The van der Waals surface area contributed by atoms with Gasteiger partial charge < -0.3 is 9.88 Å². The van der Waals surface area contributed by atoms with Crippen LogP contribution in [0.1, 0.15) is 45.6 Å². The molecule has 0 aliphatic rings. The lowest BCUT2D eigenvalue weighted by Crippen LogP contribution is -2.21. The number of nitrogens with zero attached hydrogens (tertiary/aromatic N) is 1. The van der Waals surface area contributed by atoms with Gasteiger partial charge in [-0.3, -0.25) is 0 Å². The van der Waals surface area contributed by atoms with Crippen molar-refractivity contribution in [1.29, 1.82) is 0 Å². The molecule has 1 heterocycles. The molecule has 0 saturated carbocycles. The van der Waals surface area contributed by atoms with Crippen molar-refractivity contribution < 1.29 is 0 Å². The molecule has 15 heavy (non-hydrogen) atoms. The minimum absolute atomic E-state index is 0.563. The number of unbranched alkanes of at least 4 members (excludes halogenated alkanes) is 2. The van der Waals surface area contributed by atoms with Gasteiger partial charge in [-0.05, 0) is 18.1 Å². The lowest BCUT2D eigenvalue weighted by atomic mass is 10.2. The number of nitrogens with one attached hydrogen (secondary N) is 1. The molecular formula is C13H24N2. The summed E-state index contributed by atoms with van der Waals surface area (Å²) in [5.41, 5.74) is 1.39. The molecule has 0 spiro atoms. The number of aromatic nitrogens is 1. The molecule has 0 amide bonds. The van der Waals surface area contributed by atoms with Crippen LogP contribution >= 0.6 is 0 Å². The van der Waals surface area contributed by atoms with Crippen LogP contribution in [0.5, 0.6) is 0 Å². The zero-order valence-electron chi connectivity index (χ0n) is 10.3. The Morgan fingerprint density at radius 1 is 1.33 bits per heavy atom. The number of rotatable bonds is 7. The number of hydrogen-bond donors (Lipinski definition) is 1. The van der Waals surface area contributed by atoms with Crippen molar-refractivity contribution in [2.45, 2.75) is 59.2 Å². The monoisotopic (exact) mass is 208 g/mol. The molecule has 1 aromatic heterocycles. The van der Waals surface area contributed by atoms with Crippen molar-refractivity contribution in [3.63, 3.8) is 0 Å². The molecule has 2 nitrogen and oxygen atoms in total. The van der Waals surface area contributed by atoms with Crippen LogP contribution in [0.15, 0.2) is 18.5 Å². The van der Waals surface area contributed by atoms with Crippen LogP contribution in [-0.4, -0.2) is 10.6 Å². The zero-order chi connectivity index (χ0) is 11.1. The van der Waals surface area contributed by atoms with Gasteiger partial charge in [-0.2, -0.15) is 0 Å². The second-order valence-electron chi connectivity index (χ2n) is 4.50. The first kappa shape index (κ1) is 12.3. The van der Waals surface area contributed by atoms with Crippen molar-refractivity contribution in [2.75, 3.05) is 0 Å². The van der Waals surface area contributed by atoms with Crippen LogP contribution in [0, 0.1) is 0 Å². The van der Waals surface area contributed by atoms with Crippen molar-refractivity contribution >= 4 is 0 Å². The Hall–Kier alpha value is -0.760. The molecule has 0 aromatic carbocycles. The topological polar surface area (TPSA) is 17.0 Å². The second-order valence-corrected chi connectivity index (χ2v) is 4.50. The molecule has 0 aliphatic carbocycles. The highest BCUT2D eigenvalue weighted by molar-refractivity contribution is 5.09. The van der Waals surface area contributed by atoms with Gasteiger partial charge in [0.2, 0.25) is 0 Å². The van der Waals surface area contributed by atoms with Gasteiger partial charge in [0.05, 0.1) is 0 Å². The minimum Gasteiger partial charge on any atom is -0.354 e. The summed E-state index contributed by atoms with van der Waals surface area (Å²) in [6.07, 6.45) is 8.36. The van der Waals surface area contributed by atoms with Crippen LogP contribution in [-0.2, 0) is 13.1 Å². The van der Waals surface area contributed by atoms with E-state index in [1.165, 1.54) is 24.8 Å². The standard InChI is InChI=1S/C13H24N2/c1-4-5-6-8-15-9-7-13(11-15)10-14-12(2)3/h7,9,11-12,14H,4-6,8,10H2,1-3H3. The first-order chi connectivity index (χ1) is 7.22. The summed E-state index contributed by atoms with van der Waals surface area (Å²) >= 11 is 0.